The van der Waals surface area contributed by atoms with E-state index in [-0.39, 0.29) is 30.0 Å². The second-order valence-corrected chi connectivity index (χ2v) is 8.09. The number of nitrogens with one attached hydrogen (secondary N) is 2. The highest BCUT2D eigenvalue weighted by Gasteiger charge is 2.30. The van der Waals surface area contributed by atoms with Crippen LogP contribution in [-0.2, 0) is 11.0 Å². The van der Waals surface area contributed by atoms with E-state index in [0.717, 1.165) is 12.1 Å². The van der Waals surface area contributed by atoms with Gasteiger partial charge in [-0.05, 0) is 42.5 Å². The fourth-order valence-electron chi connectivity index (χ4n) is 3.77. The van der Waals surface area contributed by atoms with Crippen LogP contribution in [0.25, 0.3) is 11.3 Å². The summed E-state index contributed by atoms with van der Waals surface area (Å²) in [6.45, 7) is 0.608. The topological polar surface area (TPSA) is 108 Å². The van der Waals surface area contributed by atoms with Crippen molar-refractivity contribution in [3.8, 4) is 22.8 Å². The largest absolute Gasteiger partial charge is 0.507 e. The highest BCUT2D eigenvalue weighted by atomic mass is 19.4. The summed E-state index contributed by atoms with van der Waals surface area (Å²) in [5.74, 6) is -0.385. The Bertz CT molecular complexity index is 1190. The van der Waals surface area contributed by atoms with E-state index in [1.54, 1.807) is 23.1 Å². The van der Waals surface area contributed by atoms with Gasteiger partial charge in [0.05, 0.1) is 17.8 Å². The van der Waals surface area contributed by atoms with Gasteiger partial charge in [0.1, 0.15) is 23.3 Å². The number of ether oxygens (including phenoxy) is 1. The molecule has 1 saturated heterocycles. The summed E-state index contributed by atoms with van der Waals surface area (Å²) in [7, 11) is 0. The van der Waals surface area contributed by atoms with Crippen LogP contribution in [0.15, 0.2) is 54.6 Å². The zero-order valence-corrected chi connectivity index (χ0v) is 18.5. The van der Waals surface area contributed by atoms with Crippen molar-refractivity contribution in [2.75, 3.05) is 19.6 Å². The maximum atomic E-state index is 12.7. The zero-order chi connectivity index (χ0) is 25.0. The summed E-state index contributed by atoms with van der Waals surface area (Å²) in [6, 6.07) is 12.6. The number of rotatable bonds is 6. The number of hydrogen-bond acceptors (Lipinski definition) is 5. The molecule has 3 N–H and O–H groups in total. The number of aromatic hydroxyl groups is 1. The number of alkyl halides is 3. The molecule has 3 aromatic rings. The van der Waals surface area contributed by atoms with Gasteiger partial charge in [-0.25, -0.2) is 0 Å². The van der Waals surface area contributed by atoms with Gasteiger partial charge in [0.2, 0.25) is 5.91 Å². The fourth-order valence-corrected chi connectivity index (χ4v) is 3.77. The van der Waals surface area contributed by atoms with Crippen LogP contribution in [0.2, 0.25) is 0 Å². The van der Waals surface area contributed by atoms with Gasteiger partial charge in [-0.1, -0.05) is 12.1 Å². The first-order chi connectivity index (χ1) is 16.7. The Balaban J connectivity index is 1.23. The predicted molar refractivity (Wildman–Crippen MR) is 120 cm³/mol. The number of H-pyrrole nitrogens is 1. The molecule has 0 saturated carbocycles. The molecule has 35 heavy (non-hydrogen) atoms. The highest BCUT2D eigenvalue weighted by molar-refractivity contribution is 5.95. The molecule has 2 aromatic carbocycles. The monoisotopic (exact) mass is 488 g/mol. The van der Waals surface area contributed by atoms with Crippen molar-refractivity contribution in [2.24, 2.45) is 0 Å². The number of benzene rings is 2. The van der Waals surface area contributed by atoms with Gasteiger partial charge in [-0.15, -0.1) is 0 Å². The van der Waals surface area contributed by atoms with Crippen molar-refractivity contribution in [3.63, 3.8) is 0 Å². The number of amides is 2. The Labute approximate surface area is 198 Å². The van der Waals surface area contributed by atoms with E-state index in [4.69, 9.17) is 4.74 Å². The molecule has 0 atom stereocenters. The minimum atomic E-state index is -4.40. The van der Waals surface area contributed by atoms with Crippen LogP contribution in [0.3, 0.4) is 0 Å². The number of piperidine rings is 1. The molecule has 0 aliphatic carbocycles. The van der Waals surface area contributed by atoms with Gasteiger partial charge < -0.3 is 20.1 Å². The Kier molecular flexibility index (Phi) is 6.94. The zero-order valence-electron chi connectivity index (χ0n) is 18.5. The molecule has 1 aliphatic heterocycles. The molecule has 1 fully saturated rings. The molecule has 0 bridgehead atoms. The first-order valence-electron chi connectivity index (χ1n) is 10.9. The quantitative estimate of drug-likeness (QED) is 0.492. The summed E-state index contributed by atoms with van der Waals surface area (Å²) < 4.78 is 43.8. The van der Waals surface area contributed by atoms with E-state index in [2.05, 4.69) is 15.5 Å². The Morgan fingerprint density at radius 2 is 1.80 bits per heavy atom. The van der Waals surface area contributed by atoms with Gasteiger partial charge in [0, 0.05) is 31.5 Å². The summed E-state index contributed by atoms with van der Waals surface area (Å²) in [4.78, 5) is 26.5. The molecular weight excluding hydrogens is 465 g/mol. The van der Waals surface area contributed by atoms with Gasteiger partial charge in [-0.3, -0.25) is 14.7 Å². The number of nitrogens with zero attached hydrogens (tertiary/aromatic N) is 2. The minimum absolute atomic E-state index is 0.0341. The molecule has 4 rings (SSSR count). The molecule has 8 nitrogen and oxygen atoms in total. The molecule has 0 radical (unpaired) electrons. The molecule has 11 heteroatoms. The first kappa shape index (κ1) is 24.1. The van der Waals surface area contributed by atoms with Gasteiger partial charge >= 0.3 is 6.18 Å². The number of aromatic amines is 1. The van der Waals surface area contributed by atoms with Crippen molar-refractivity contribution in [2.45, 2.75) is 25.1 Å². The smallest absolute Gasteiger partial charge is 0.416 e. The second kappa shape index (κ2) is 10.1. The number of carbonyl (C=O) groups excluding carboxylic acids is 2. The van der Waals surface area contributed by atoms with E-state index < -0.39 is 17.6 Å². The van der Waals surface area contributed by atoms with Crippen molar-refractivity contribution < 1.29 is 32.6 Å². The van der Waals surface area contributed by atoms with Crippen LogP contribution in [0.4, 0.5) is 13.2 Å². The average Bonchev–Trinajstić information content (AvgIpc) is 3.33. The predicted octanol–water partition coefficient (Wildman–Crippen LogP) is 3.60. The van der Waals surface area contributed by atoms with Crippen molar-refractivity contribution in [3.05, 3.63) is 65.9 Å². The maximum Gasteiger partial charge on any atom is 0.416 e. The van der Waals surface area contributed by atoms with Crippen LogP contribution >= 0.6 is 0 Å². The molecule has 1 aromatic heterocycles. The minimum Gasteiger partial charge on any atom is -0.507 e. The Morgan fingerprint density at radius 1 is 1.11 bits per heavy atom. The lowest BCUT2D eigenvalue weighted by molar-refractivity contribution is -0.137. The first-order valence-corrected chi connectivity index (χ1v) is 10.9. The van der Waals surface area contributed by atoms with Crippen LogP contribution < -0.4 is 10.1 Å². The lowest BCUT2D eigenvalue weighted by Crippen LogP contribution is -2.46. The van der Waals surface area contributed by atoms with Gasteiger partial charge in [0.25, 0.3) is 5.91 Å². The van der Waals surface area contributed by atoms with Gasteiger partial charge in [0.15, 0.2) is 0 Å². The summed E-state index contributed by atoms with van der Waals surface area (Å²) in [5.41, 5.74) is 0.284. The lowest BCUT2D eigenvalue weighted by atomic mass is 10.1. The van der Waals surface area contributed by atoms with E-state index in [1.165, 1.54) is 24.3 Å². The van der Waals surface area contributed by atoms with E-state index >= 15 is 0 Å². The third kappa shape index (κ3) is 5.92. The Morgan fingerprint density at radius 3 is 2.46 bits per heavy atom. The Hall–Kier alpha value is -4.02. The van der Waals surface area contributed by atoms with Gasteiger partial charge in [-0.2, -0.15) is 18.3 Å². The standard InChI is InChI=1S/C24H23F3N4O4/c25-24(26,27)15-5-7-16(8-6-15)35-17-9-11-31(12-10-17)22(33)14-28-23(34)20-13-19(29-30-20)18-3-1-2-4-21(18)32/h1-8,13,17,32H,9-12,14H2,(H,28,34)(H,29,30). The molecule has 2 amide bonds. The summed E-state index contributed by atoms with van der Waals surface area (Å²) in [6.07, 6.45) is -3.58. The number of phenolic OH excluding ortho intramolecular Hbond substituents is 1. The summed E-state index contributed by atoms with van der Waals surface area (Å²) >= 11 is 0. The molecule has 184 valence electrons. The van der Waals surface area contributed by atoms with E-state index in [1.807, 2.05) is 0 Å². The van der Waals surface area contributed by atoms with Crippen LogP contribution in [0, 0.1) is 0 Å². The molecule has 0 unspecified atom stereocenters. The highest BCUT2D eigenvalue weighted by Crippen LogP contribution is 2.31. The van der Waals surface area contributed by atoms with E-state index in [0.29, 0.717) is 42.9 Å². The fraction of sp³-hybridized carbons (Fsp3) is 0.292. The maximum absolute atomic E-state index is 12.7. The molecule has 0 spiro atoms. The number of aromatic nitrogens is 2. The molecular formula is C24H23F3N4O4. The average molecular weight is 488 g/mol. The second-order valence-electron chi connectivity index (χ2n) is 8.09. The molecule has 1 aliphatic rings. The third-order valence-electron chi connectivity index (χ3n) is 5.68. The molecule has 2 heterocycles. The van der Waals surface area contributed by atoms with Crippen LogP contribution in [0.1, 0.15) is 28.9 Å². The number of carbonyl (C=O) groups is 2. The lowest BCUT2D eigenvalue weighted by Gasteiger charge is -2.32. The normalized spacial score (nSPS) is 14.5. The number of halogens is 3. The number of phenols is 1. The van der Waals surface area contributed by atoms with Crippen molar-refractivity contribution >= 4 is 11.8 Å². The van der Waals surface area contributed by atoms with E-state index in [9.17, 15) is 27.9 Å². The number of hydrogen-bond donors (Lipinski definition) is 3. The number of likely N-dealkylation sites (tertiary alicyclic amines) is 1. The van der Waals surface area contributed by atoms with Crippen molar-refractivity contribution in [1.29, 1.82) is 0 Å². The van der Waals surface area contributed by atoms with Crippen LogP contribution in [-0.4, -0.2) is 57.8 Å². The number of para-hydroxylation sites is 1. The third-order valence-corrected chi connectivity index (χ3v) is 5.68. The van der Waals surface area contributed by atoms with Crippen LogP contribution in [0.5, 0.6) is 11.5 Å². The van der Waals surface area contributed by atoms with Crippen molar-refractivity contribution in [1.82, 2.24) is 20.4 Å². The SMILES string of the molecule is O=C(NCC(=O)N1CCC(Oc2ccc(C(F)(F)F)cc2)CC1)c1cc(-c2ccccc2O)n[nH]1. The summed E-state index contributed by atoms with van der Waals surface area (Å²) in [5, 5.41) is 19.1.